The summed E-state index contributed by atoms with van der Waals surface area (Å²) in [6, 6.07) is 3.69. The Morgan fingerprint density at radius 3 is 2.44 bits per heavy atom. The van der Waals surface area contributed by atoms with Crippen molar-refractivity contribution in [2.75, 3.05) is 5.73 Å². The number of hydrogen-bond acceptors (Lipinski definition) is 4. The highest BCUT2D eigenvalue weighted by Crippen LogP contribution is 2.33. The SMILES string of the molecule is Cc1cc(Oc2ncnc(N)c2Br)cc(C)c1Cl. The molecule has 1 aromatic heterocycles. The second-order valence-electron chi connectivity index (χ2n) is 3.85. The lowest BCUT2D eigenvalue weighted by Crippen LogP contribution is -1.97. The summed E-state index contributed by atoms with van der Waals surface area (Å²) < 4.78 is 6.21. The monoisotopic (exact) mass is 327 g/mol. The standard InChI is InChI=1S/C12H11BrClN3O/c1-6-3-8(4-7(2)10(6)14)18-12-9(13)11(15)16-5-17-12/h3-5H,1-2H3,(H2,15,16,17). The van der Waals surface area contributed by atoms with Crippen LogP contribution in [-0.4, -0.2) is 9.97 Å². The second-order valence-corrected chi connectivity index (χ2v) is 5.02. The van der Waals surface area contributed by atoms with Crippen LogP contribution in [0, 0.1) is 13.8 Å². The average Bonchev–Trinajstić information content (AvgIpc) is 2.32. The van der Waals surface area contributed by atoms with E-state index in [1.165, 1.54) is 6.33 Å². The van der Waals surface area contributed by atoms with Crippen LogP contribution >= 0.6 is 27.5 Å². The average molecular weight is 329 g/mol. The molecular weight excluding hydrogens is 318 g/mol. The first-order chi connectivity index (χ1) is 8.49. The zero-order valence-electron chi connectivity index (χ0n) is 9.87. The third kappa shape index (κ3) is 2.57. The summed E-state index contributed by atoms with van der Waals surface area (Å²) in [5.74, 6) is 1.37. The van der Waals surface area contributed by atoms with Gasteiger partial charge in [0, 0.05) is 5.02 Å². The van der Waals surface area contributed by atoms with Crippen molar-refractivity contribution >= 4 is 33.3 Å². The Bertz CT molecular complexity index is 581. The number of rotatable bonds is 2. The number of nitrogens with two attached hydrogens (primary N) is 1. The molecule has 2 aromatic rings. The van der Waals surface area contributed by atoms with E-state index in [4.69, 9.17) is 22.1 Å². The molecule has 94 valence electrons. The van der Waals surface area contributed by atoms with Crippen molar-refractivity contribution in [3.05, 3.63) is 39.1 Å². The van der Waals surface area contributed by atoms with Crippen LogP contribution in [0.5, 0.6) is 11.6 Å². The zero-order valence-corrected chi connectivity index (χ0v) is 12.2. The number of aryl methyl sites for hydroxylation is 2. The van der Waals surface area contributed by atoms with Crippen molar-refractivity contribution in [1.29, 1.82) is 0 Å². The summed E-state index contributed by atoms with van der Waals surface area (Å²) >= 11 is 9.39. The van der Waals surface area contributed by atoms with Gasteiger partial charge in [0.1, 0.15) is 22.4 Å². The summed E-state index contributed by atoms with van der Waals surface area (Å²) in [5, 5.41) is 0.739. The van der Waals surface area contributed by atoms with Crippen molar-refractivity contribution in [2.45, 2.75) is 13.8 Å². The van der Waals surface area contributed by atoms with Crippen LogP contribution in [0.4, 0.5) is 5.82 Å². The predicted molar refractivity (Wildman–Crippen MR) is 75.1 cm³/mol. The van der Waals surface area contributed by atoms with Crippen molar-refractivity contribution in [1.82, 2.24) is 9.97 Å². The predicted octanol–water partition coefficient (Wildman–Crippen LogP) is 3.88. The smallest absolute Gasteiger partial charge is 0.238 e. The molecule has 0 aliphatic carbocycles. The van der Waals surface area contributed by atoms with E-state index in [0.29, 0.717) is 21.9 Å². The van der Waals surface area contributed by atoms with Crippen LogP contribution in [0.3, 0.4) is 0 Å². The molecule has 0 radical (unpaired) electrons. The Kier molecular flexibility index (Phi) is 3.73. The lowest BCUT2D eigenvalue weighted by Gasteiger charge is -2.10. The Morgan fingerprint density at radius 1 is 1.22 bits per heavy atom. The Hall–Kier alpha value is -1.33. The number of nitrogen functional groups attached to an aromatic ring is 1. The molecule has 0 saturated heterocycles. The molecule has 2 N–H and O–H groups in total. The first-order valence-corrected chi connectivity index (χ1v) is 6.36. The first-order valence-electron chi connectivity index (χ1n) is 5.19. The first kappa shape index (κ1) is 13.1. The van der Waals surface area contributed by atoms with E-state index in [9.17, 15) is 0 Å². The minimum absolute atomic E-state index is 0.336. The van der Waals surface area contributed by atoms with Gasteiger partial charge in [0.2, 0.25) is 5.88 Å². The number of hydrogen-bond donors (Lipinski definition) is 1. The third-order valence-electron chi connectivity index (χ3n) is 2.41. The molecule has 0 fully saturated rings. The van der Waals surface area contributed by atoms with Crippen molar-refractivity contribution in [2.24, 2.45) is 0 Å². The molecule has 0 amide bonds. The highest BCUT2D eigenvalue weighted by atomic mass is 79.9. The van der Waals surface area contributed by atoms with Crippen LogP contribution < -0.4 is 10.5 Å². The largest absolute Gasteiger partial charge is 0.438 e. The molecular formula is C12H11BrClN3O. The molecule has 0 saturated carbocycles. The number of anilines is 1. The van der Waals surface area contributed by atoms with Crippen LogP contribution in [0.15, 0.2) is 22.9 Å². The van der Waals surface area contributed by atoms with Crippen molar-refractivity contribution in [3.8, 4) is 11.6 Å². The van der Waals surface area contributed by atoms with Gasteiger partial charge in [-0.25, -0.2) is 9.97 Å². The normalized spacial score (nSPS) is 10.4. The van der Waals surface area contributed by atoms with Crippen LogP contribution in [0.1, 0.15) is 11.1 Å². The van der Waals surface area contributed by atoms with Crippen LogP contribution in [0.25, 0.3) is 0 Å². The van der Waals surface area contributed by atoms with Gasteiger partial charge in [-0.05, 0) is 53.0 Å². The van der Waals surface area contributed by atoms with E-state index in [1.54, 1.807) is 0 Å². The topological polar surface area (TPSA) is 61.0 Å². The van der Waals surface area contributed by atoms with Crippen molar-refractivity contribution in [3.63, 3.8) is 0 Å². The fraction of sp³-hybridized carbons (Fsp3) is 0.167. The fourth-order valence-electron chi connectivity index (χ4n) is 1.51. The lowest BCUT2D eigenvalue weighted by molar-refractivity contribution is 0.458. The molecule has 1 aromatic carbocycles. The van der Waals surface area contributed by atoms with E-state index >= 15 is 0 Å². The maximum absolute atomic E-state index is 6.10. The van der Waals surface area contributed by atoms with Gasteiger partial charge in [0.05, 0.1) is 0 Å². The summed E-state index contributed by atoms with van der Waals surface area (Å²) in [4.78, 5) is 7.87. The molecule has 0 unspecified atom stereocenters. The minimum atomic E-state index is 0.336. The number of nitrogens with zero attached hydrogens (tertiary/aromatic N) is 2. The molecule has 0 spiro atoms. The van der Waals surface area contributed by atoms with Gasteiger partial charge >= 0.3 is 0 Å². The van der Waals surface area contributed by atoms with Crippen LogP contribution in [0.2, 0.25) is 5.02 Å². The lowest BCUT2D eigenvalue weighted by atomic mass is 10.1. The van der Waals surface area contributed by atoms with Gasteiger partial charge < -0.3 is 10.5 Å². The molecule has 6 heteroatoms. The molecule has 18 heavy (non-hydrogen) atoms. The Morgan fingerprint density at radius 2 is 1.83 bits per heavy atom. The highest BCUT2D eigenvalue weighted by molar-refractivity contribution is 9.10. The molecule has 2 rings (SSSR count). The number of benzene rings is 1. The maximum atomic E-state index is 6.10. The van der Waals surface area contributed by atoms with Crippen LogP contribution in [-0.2, 0) is 0 Å². The molecule has 4 nitrogen and oxygen atoms in total. The molecule has 0 aliphatic heterocycles. The zero-order chi connectivity index (χ0) is 13.3. The highest BCUT2D eigenvalue weighted by Gasteiger charge is 2.10. The molecule has 1 heterocycles. The van der Waals surface area contributed by atoms with Gasteiger partial charge in [0.15, 0.2) is 0 Å². The minimum Gasteiger partial charge on any atom is -0.438 e. The van der Waals surface area contributed by atoms with E-state index in [1.807, 2.05) is 26.0 Å². The number of halogens is 2. The maximum Gasteiger partial charge on any atom is 0.238 e. The summed E-state index contributed by atoms with van der Waals surface area (Å²) in [5.41, 5.74) is 7.56. The number of aromatic nitrogens is 2. The fourth-order valence-corrected chi connectivity index (χ4v) is 1.91. The summed E-state index contributed by atoms with van der Waals surface area (Å²) in [6.07, 6.45) is 1.35. The van der Waals surface area contributed by atoms with Gasteiger partial charge in [-0.1, -0.05) is 11.6 Å². The van der Waals surface area contributed by atoms with E-state index in [0.717, 1.165) is 16.1 Å². The van der Waals surface area contributed by atoms with Gasteiger partial charge in [-0.2, -0.15) is 0 Å². The molecule has 0 bridgehead atoms. The van der Waals surface area contributed by atoms with E-state index in [-0.39, 0.29) is 0 Å². The van der Waals surface area contributed by atoms with Gasteiger partial charge in [0.25, 0.3) is 0 Å². The quantitative estimate of drug-likeness (QED) is 0.908. The second kappa shape index (κ2) is 5.12. The third-order valence-corrected chi connectivity index (χ3v) is 3.75. The number of ether oxygens (including phenoxy) is 1. The summed E-state index contributed by atoms with van der Waals surface area (Å²) in [6.45, 7) is 3.84. The summed E-state index contributed by atoms with van der Waals surface area (Å²) in [7, 11) is 0. The molecule has 0 atom stereocenters. The Balaban J connectivity index is 2.37. The van der Waals surface area contributed by atoms with E-state index in [2.05, 4.69) is 25.9 Å². The molecule has 0 aliphatic rings. The van der Waals surface area contributed by atoms with Gasteiger partial charge in [-0.3, -0.25) is 0 Å². The van der Waals surface area contributed by atoms with Gasteiger partial charge in [-0.15, -0.1) is 0 Å². The Labute approximate surface area is 118 Å². The van der Waals surface area contributed by atoms with E-state index < -0.39 is 0 Å². The van der Waals surface area contributed by atoms with Crippen molar-refractivity contribution < 1.29 is 4.74 Å².